The standard InChI is InChI=1S/C10H16F2O3/c1-14-10(13)7-2-4-8(5-3-7)15-6-9(11)12/h7-9H,2-6H2,1H3. The molecule has 0 N–H and O–H groups in total. The van der Waals surface area contributed by atoms with Crippen LogP contribution in [0.4, 0.5) is 8.78 Å². The number of halogens is 2. The molecular formula is C10H16F2O3. The second-order valence-electron chi connectivity index (χ2n) is 3.72. The van der Waals surface area contributed by atoms with Crippen LogP contribution in [-0.4, -0.2) is 32.2 Å². The van der Waals surface area contributed by atoms with E-state index in [1.807, 2.05) is 0 Å². The van der Waals surface area contributed by atoms with Crippen LogP contribution >= 0.6 is 0 Å². The fourth-order valence-electron chi connectivity index (χ4n) is 1.84. The lowest BCUT2D eigenvalue weighted by molar-refractivity contribution is -0.147. The molecule has 1 aliphatic rings. The topological polar surface area (TPSA) is 35.5 Å². The second kappa shape index (κ2) is 6.00. The molecule has 3 nitrogen and oxygen atoms in total. The molecule has 0 atom stereocenters. The van der Waals surface area contributed by atoms with Gasteiger partial charge in [-0.15, -0.1) is 0 Å². The van der Waals surface area contributed by atoms with Gasteiger partial charge in [-0.1, -0.05) is 0 Å². The maximum atomic E-state index is 11.9. The van der Waals surface area contributed by atoms with Gasteiger partial charge in [0.2, 0.25) is 0 Å². The lowest BCUT2D eigenvalue weighted by Crippen LogP contribution is -2.28. The van der Waals surface area contributed by atoms with Crippen molar-refractivity contribution in [3.05, 3.63) is 0 Å². The van der Waals surface area contributed by atoms with Crippen molar-refractivity contribution in [3.8, 4) is 0 Å². The van der Waals surface area contributed by atoms with Crippen LogP contribution in [0, 0.1) is 5.92 Å². The Kier molecular flexibility index (Phi) is 4.94. The zero-order valence-corrected chi connectivity index (χ0v) is 8.75. The zero-order chi connectivity index (χ0) is 11.3. The normalized spacial score (nSPS) is 26.7. The molecular weight excluding hydrogens is 206 g/mol. The molecule has 1 rings (SSSR count). The summed E-state index contributed by atoms with van der Waals surface area (Å²) in [7, 11) is 1.36. The summed E-state index contributed by atoms with van der Waals surface area (Å²) in [5.41, 5.74) is 0. The molecule has 0 unspecified atom stereocenters. The van der Waals surface area contributed by atoms with Crippen molar-refractivity contribution >= 4 is 5.97 Å². The third kappa shape index (κ3) is 4.11. The van der Waals surface area contributed by atoms with Crippen LogP contribution in [-0.2, 0) is 14.3 Å². The van der Waals surface area contributed by atoms with Gasteiger partial charge in [-0.25, -0.2) is 8.78 Å². The first-order valence-electron chi connectivity index (χ1n) is 5.11. The van der Waals surface area contributed by atoms with Crippen LogP contribution in [0.3, 0.4) is 0 Å². The lowest BCUT2D eigenvalue weighted by atomic mass is 9.87. The van der Waals surface area contributed by atoms with Crippen molar-refractivity contribution in [1.82, 2.24) is 0 Å². The van der Waals surface area contributed by atoms with Gasteiger partial charge in [0.1, 0.15) is 6.61 Å². The van der Waals surface area contributed by atoms with E-state index in [-0.39, 0.29) is 18.0 Å². The third-order valence-corrected chi connectivity index (χ3v) is 2.67. The highest BCUT2D eigenvalue weighted by Gasteiger charge is 2.27. The summed E-state index contributed by atoms with van der Waals surface area (Å²) in [4.78, 5) is 11.2. The minimum atomic E-state index is -2.41. The van der Waals surface area contributed by atoms with E-state index in [2.05, 4.69) is 4.74 Å². The molecule has 1 saturated carbocycles. The molecule has 0 heterocycles. The van der Waals surface area contributed by atoms with Gasteiger partial charge < -0.3 is 9.47 Å². The molecule has 0 aromatic carbocycles. The van der Waals surface area contributed by atoms with Gasteiger partial charge in [-0.2, -0.15) is 0 Å². The smallest absolute Gasteiger partial charge is 0.308 e. The van der Waals surface area contributed by atoms with Crippen molar-refractivity contribution in [2.24, 2.45) is 5.92 Å². The van der Waals surface area contributed by atoms with Crippen LogP contribution in [0.15, 0.2) is 0 Å². The number of carbonyl (C=O) groups is 1. The van der Waals surface area contributed by atoms with Gasteiger partial charge in [0.15, 0.2) is 0 Å². The average Bonchev–Trinajstić information content (AvgIpc) is 2.26. The Morgan fingerprint density at radius 3 is 2.40 bits per heavy atom. The predicted octanol–water partition coefficient (Wildman–Crippen LogP) is 2.00. The van der Waals surface area contributed by atoms with Crippen LogP contribution in [0.25, 0.3) is 0 Å². The molecule has 5 heteroatoms. The van der Waals surface area contributed by atoms with E-state index in [1.165, 1.54) is 7.11 Å². The number of methoxy groups -OCH3 is 1. The summed E-state index contributed by atoms with van der Waals surface area (Å²) in [5, 5.41) is 0. The number of ether oxygens (including phenoxy) is 2. The highest BCUT2D eigenvalue weighted by Crippen LogP contribution is 2.27. The molecule has 0 saturated heterocycles. The summed E-state index contributed by atoms with van der Waals surface area (Å²) in [6.07, 6.45) is 0.114. The minimum absolute atomic E-state index is 0.0820. The van der Waals surface area contributed by atoms with Crippen molar-refractivity contribution in [2.75, 3.05) is 13.7 Å². The molecule has 0 radical (unpaired) electrons. The molecule has 0 amide bonds. The maximum absolute atomic E-state index is 11.9. The highest BCUT2D eigenvalue weighted by atomic mass is 19.3. The quantitative estimate of drug-likeness (QED) is 0.682. The van der Waals surface area contributed by atoms with Crippen LogP contribution in [0.5, 0.6) is 0 Å². The van der Waals surface area contributed by atoms with E-state index in [0.717, 1.165) is 0 Å². The van der Waals surface area contributed by atoms with E-state index < -0.39 is 13.0 Å². The van der Waals surface area contributed by atoms with Crippen molar-refractivity contribution in [2.45, 2.75) is 38.2 Å². The van der Waals surface area contributed by atoms with Gasteiger partial charge in [0.05, 0.1) is 19.1 Å². The first-order valence-corrected chi connectivity index (χ1v) is 5.11. The predicted molar refractivity (Wildman–Crippen MR) is 49.7 cm³/mol. The summed E-state index contributed by atoms with van der Waals surface area (Å²) < 4.78 is 33.3. The van der Waals surface area contributed by atoms with Crippen LogP contribution < -0.4 is 0 Å². The van der Waals surface area contributed by atoms with E-state index in [4.69, 9.17) is 4.74 Å². The Balaban J connectivity index is 2.21. The van der Waals surface area contributed by atoms with E-state index in [1.54, 1.807) is 0 Å². The Morgan fingerprint density at radius 2 is 1.93 bits per heavy atom. The first kappa shape index (κ1) is 12.4. The number of rotatable bonds is 4. The number of alkyl halides is 2. The SMILES string of the molecule is COC(=O)C1CCC(OCC(F)F)CC1. The largest absolute Gasteiger partial charge is 0.469 e. The first-order chi connectivity index (χ1) is 7.13. The summed E-state index contributed by atoms with van der Waals surface area (Å²) in [6, 6.07) is 0. The average molecular weight is 222 g/mol. The maximum Gasteiger partial charge on any atom is 0.308 e. The number of carbonyl (C=O) groups excluding carboxylic acids is 1. The summed E-state index contributed by atoms with van der Waals surface area (Å²) >= 11 is 0. The van der Waals surface area contributed by atoms with Gasteiger partial charge in [0.25, 0.3) is 6.43 Å². The molecule has 0 aromatic rings. The molecule has 0 aliphatic heterocycles. The third-order valence-electron chi connectivity index (χ3n) is 2.67. The van der Waals surface area contributed by atoms with E-state index in [9.17, 15) is 13.6 Å². The summed E-state index contributed by atoms with van der Waals surface area (Å²) in [6.45, 7) is -0.506. The molecule has 1 fully saturated rings. The van der Waals surface area contributed by atoms with Gasteiger partial charge >= 0.3 is 5.97 Å². The Bertz CT molecular complexity index is 201. The fraction of sp³-hybridized carbons (Fsp3) is 0.900. The van der Waals surface area contributed by atoms with Crippen LogP contribution in [0.1, 0.15) is 25.7 Å². The van der Waals surface area contributed by atoms with Gasteiger partial charge in [-0.3, -0.25) is 4.79 Å². The lowest BCUT2D eigenvalue weighted by Gasteiger charge is -2.26. The number of esters is 1. The van der Waals surface area contributed by atoms with Gasteiger partial charge in [0, 0.05) is 0 Å². The fourth-order valence-corrected chi connectivity index (χ4v) is 1.84. The molecule has 15 heavy (non-hydrogen) atoms. The van der Waals surface area contributed by atoms with E-state index in [0.29, 0.717) is 25.7 Å². The second-order valence-corrected chi connectivity index (χ2v) is 3.72. The molecule has 0 aromatic heterocycles. The van der Waals surface area contributed by atoms with Crippen molar-refractivity contribution < 1.29 is 23.0 Å². The Morgan fingerprint density at radius 1 is 1.33 bits per heavy atom. The number of hydrogen-bond acceptors (Lipinski definition) is 3. The zero-order valence-electron chi connectivity index (χ0n) is 8.75. The van der Waals surface area contributed by atoms with Crippen molar-refractivity contribution in [1.29, 1.82) is 0 Å². The summed E-state index contributed by atoms with van der Waals surface area (Å²) in [5.74, 6) is -0.288. The number of hydrogen-bond donors (Lipinski definition) is 0. The molecule has 1 aliphatic carbocycles. The minimum Gasteiger partial charge on any atom is -0.469 e. The highest BCUT2D eigenvalue weighted by molar-refractivity contribution is 5.72. The van der Waals surface area contributed by atoms with Gasteiger partial charge in [-0.05, 0) is 25.7 Å². The van der Waals surface area contributed by atoms with Crippen molar-refractivity contribution in [3.63, 3.8) is 0 Å². The van der Waals surface area contributed by atoms with Crippen LogP contribution in [0.2, 0.25) is 0 Å². The molecule has 0 spiro atoms. The van der Waals surface area contributed by atoms with E-state index >= 15 is 0 Å². The monoisotopic (exact) mass is 222 g/mol. The molecule has 88 valence electrons. The Labute approximate surface area is 87.7 Å². The molecule has 0 bridgehead atoms. The Hall–Kier alpha value is -0.710.